The molecule has 9 heteroatoms. The van der Waals surface area contributed by atoms with Crippen LogP contribution in [0.15, 0.2) is 36.5 Å². The lowest BCUT2D eigenvalue weighted by Crippen LogP contribution is -2.35. The molecule has 0 spiro atoms. The summed E-state index contributed by atoms with van der Waals surface area (Å²) in [6, 6.07) is 8.56. The van der Waals surface area contributed by atoms with Crippen LogP contribution >= 0.6 is 0 Å². The Balaban J connectivity index is 1.54. The minimum Gasteiger partial charge on any atom is -0.312 e. The predicted octanol–water partition coefficient (Wildman–Crippen LogP) is 3.00. The van der Waals surface area contributed by atoms with E-state index in [1.807, 2.05) is 26.0 Å². The summed E-state index contributed by atoms with van der Waals surface area (Å²) in [5.41, 5.74) is 2.97. The minimum absolute atomic E-state index is 0.0479. The summed E-state index contributed by atoms with van der Waals surface area (Å²) < 4.78 is 14.8. The molecule has 5 rings (SSSR count). The Morgan fingerprint density at radius 2 is 2.00 bits per heavy atom. The SMILES string of the molecule is CC(C)N1C(=O)C(=O)c2c(-c3nc(Nc4ccc5c(n4)CCNC5)ncc3F)cccc21. The number of hydrogen-bond donors (Lipinski definition) is 2. The summed E-state index contributed by atoms with van der Waals surface area (Å²) in [6.07, 6.45) is 1.87. The van der Waals surface area contributed by atoms with Gasteiger partial charge in [0.1, 0.15) is 11.5 Å². The second-order valence-corrected chi connectivity index (χ2v) is 8.04. The average molecular weight is 432 g/mol. The van der Waals surface area contributed by atoms with Gasteiger partial charge in [-0.3, -0.25) is 9.59 Å². The van der Waals surface area contributed by atoms with E-state index in [1.54, 1.807) is 18.2 Å². The fourth-order valence-electron chi connectivity index (χ4n) is 4.15. The number of pyridine rings is 1. The number of benzene rings is 1. The number of hydrogen-bond acceptors (Lipinski definition) is 7. The van der Waals surface area contributed by atoms with Crippen molar-refractivity contribution in [3.63, 3.8) is 0 Å². The largest absolute Gasteiger partial charge is 0.312 e. The molecule has 0 saturated carbocycles. The fourth-order valence-corrected chi connectivity index (χ4v) is 4.15. The Kier molecular flexibility index (Phi) is 4.90. The number of carbonyl (C=O) groups is 2. The molecular weight excluding hydrogens is 411 g/mol. The van der Waals surface area contributed by atoms with Gasteiger partial charge in [-0.1, -0.05) is 18.2 Å². The molecule has 1 aromatic carbocycles. The lowest BCUT2D eigenvalue weighted by atomic mass is 10.0. The molecular formula is C23H21FN6O2. The summed E-state index contributed by atoms with van der Waals surface area (Å²) in [6.45, 7) is 5.28. The van der Waals surface area contributed by atoms with E-state index < -0.39 is 17.5 Å². The fraction of sp³-hybridized carbons (Fsp3) is 0.261. The van der Waals surface area contributed by atoms with Crippen LogP contribution in [0, 0.1) is 5.82 Å². The van der Waals surface area contributed by atoms with E-state index in [9.17, 15) is 14.0 Å². The van der Waals surface area contributed by atoms with Crippen molar-refractivity contribution in [2.45, 2.75) is 32.9 Å². The van der Waals surface area contributed by atoms with Crippen LogP contribution in [0.25, 0.3) is 11.3 Å². The van der Waals surface area contributed by atoms with Crippen LogP contribution in [-0.4, -0.2) is 39.2 Å². The monoisotopic (exact) mass is 432 g/mol. The minimum atomic E-state index is -0.684. The number of rotatable bonds is 4. The molecule has 0 bridgehead atoms. The molecule has 0 atom stereocenters. The zero-order chi connectivity index (χ0) is 22.4. The van der Waals surface area contributed by atoms with E-state index in [0.29, 0.717) is 11.5 Å². The number of amides is 1. The highest BCUT2D eigenvalue weighted by molar-refractivity contribution is 6.53. The lowest BCUT2D eigenvalue weighted by molar-refractivity contribution is -0.114. The number of anilines is 3. The van der Waals surface area contributed by atoms with Gasteiger partial charge in [0, 0.05) is 36.8 Å². The zero-order valence-electron chi connectivity index (χ0n) is 17.6. The average Bonchev–Trinajstić information content (AvgIpc) is 3.05. The highest BCUT2D eigenvalue weighted by Gasteiger charge is 2.39. The van der Waals surface area contributed by atoms with E-state index in [0.717, 1.165) is 37.0 Å². The number of carbonyl (C=O) groups excluding carboxylic acids is 2. The van der Waals surface area contributed by atoms with Crippen LogP contribution in [0.2, 0.25) is 0 Å². The molecule has 0 saturated heterocycles. The van der Waals surface area contributed by atoms with Gasteiger partial charge in [-0.15, -0.1) is 0 Å². The first-order valence-corrected chi connectivity index (χ1v) is 10.4. The Morgan fingerprint density at radius 3 is 2.81 bits per heavy atom. The van der Waals surface area contributed by atoms with Gasteiger partial charge in [-0.05, 0) is 31.5 Å². The second-order valence-electron chi connectivity index (χ2n) is 8.04. The molecule has 3 aromatic rings. The lowest BCUT2D eigenvalue weighted by Gasteiger charge is -2.21. The standard InChI is InChI=1S/C23H21FN6O2/c1-12(2)30-17-5-3-4-14(19(17)21(31)22(30)32)20-15(24)11-26-23(29-20)28-18-7-6-13-10-25-9-8-16(13)27-18/h3-7,11-12,25H,8-10H2,1-2H3,(H,26,27,28,29). The van der Waals surface area contributed by atoms with Crippen LogP contribution < -0.4 is 15.5 Å². The van der Waals surface area contributed by atoms with E-state index in [-0.39, 0.29) is 28.8 Å². The van der Waals surface area contributed by atoms with E-state index in [4.69, 9.17) is 0 Å². The summed E-state index contributed by atoms with van der Waals surface area (Å²) in [5.74, 6) is -1.27. The molecule has 8 nitrogen and oxygen atoms in total. The first-order valence-electron chi connectivity index (χ1n) is 10.4. The van der Waals surface area contributed by atoms with Gasteiger partial charge in [-0.2, -0.15) is 0 Å². The third kappa shape index (κ3) is 3.31. The molecule has 2 aliphatic heterocycles. The first-order chi connectivity index (χ1) is 15.4. The molecule has 0 radical (unpaired) electrons. The van der Waals surface area contributed by atoms with E-state index in [2.05, 4.69) is 25.6 Å². The maximum atomic E-state index is 14.8. The molecule has 0 aliphatic carbocycles. The van der Waals surface area contributed by atoms with Crippen LogP contribution in [0.4, 0.5) is 21.8 Å². The highest BCUT2D eigenvalue weighted by Crippen LogP contribution is 2.38. The smallest absolute Gasteiger partial charge is 0.299 e. The van der Waals surface area contributed by atoms with Crippen molar-refractivity contribution in [3.05, 3.63) is 59.2 Å². The molecule has 1 amide bonds. The van der Waals surface area contributed by atoms with Crippen molar-refractivity contribution in [2.24, 2.45) is 0 Å². The number of halogens is 1. The van der Waals surface area contributed by atoms with Crippen LogP contribution in [0.5, 0.6) is 0 Å². The highest BCUT2D eigenvalue weighted by atomic mass is 19.1. The van der Waals surface area contributed by atoms with E-state index >= 15 is 0 Å². The number of fused-ring (bicyclic) bond motifs is 2. The topological polar surface area (TPSA) is 100 Å². The Bertz CT molecular complexity index is 1260. The predicted molar refractivity (Wildman–Crippen MR) is 117 cm³/mol. The van der Waals surface area contributed by atoms with Gasteiger partial charge in [0.05, 0.1) is 17.4 Å². The maximum absolute atomic E-state index is 14.8. The molecule has 162 valence electrons. The van der Waals surface area contributed by atoms with Gasteiger partial charge in [0.25, 0.3) is 11.7 Å². The number of nitrogens with zero attached hydrogens (tertiary/aromatic N) is 4. The summed E-state index contributed by atoms with van der Waals surface area (Å²) in [4.78, 5) is 39.7. The van der Waals surface area contributed by atoms with Crippen molar-refractivity contribution in [3.8, 4) is 11.3 Å². The van der Waals surface area contributed by atoms with Gasteiger partial charge in [0.15, 0.2) is 5.82 Å². The Labute approximate surface area is 183 Å². The molecule has 2 aliphatic rings. The maximum Gasteiger partial charge on any atom is 0.299 e. The van der Waals surface area contributed by atoms with Crippen molar-refractivity contribution < 1.29 is 14.0 Å². The van der Waals surface area contributed by atoms with Gasteiger partial charge >= 0.3 is 0 Å². The molecule has 0 fully saturated rings. The number of aromatic nitrogens is 3. The number of nitrogens with one attached hydrogen (secondary N) is 2. The Morgan fingerprint density at radius 1 is 1.16 bits per heavy atom. The normalized spacial score (nSPS) is 15.2. The quantitative estimate of drug-likeness (QED) is 0.612. The third-order valence-electron chi connectivity index (χ3n) is 5.62. The summed E-state index contributed by atoms with van der Waals surface area (Å²) >= 11 is 0. The van der Waals surface area contributed by atoms with Crippen LogP contribution in [-0.2, 0) is 17.8 Å². The Hall–Kier alpha value is -3.72. The van der Waals surface area contributed by atoms with E-state index in [1.165, 1.54) is 4.90 Å². The number of Topliss-reactive ketones (excluding diaryl/α,β-unsaturated/α-hetero) is 1. The third-order valence-corrected chi connectivity index (χ3v) is 5.62. The molecule has 32 heavy (non-hydrogen) atoms. The molecule has 2 N–H and O–H groups in total. The van der Waals surface area contributed by atoms with Crippen LogP contribution in [0.3, 0.4) is 0 Å². The van der Waals surface area contributed by atoms with Gasteiger partial charge < -0.3 is 15.5 Å². The van der Waals surface area contributed by atoms with Crippen molar-refractivity contribution in [1.82, 2.24) is 20.3 Å². The van der Waals surface area contributed by atoms with Crippen LogP contribution in [0.1, 0.15) is 35.5 Å². The first kappa shape index (κ1) is 20.2. The second kappa shape index (κ2) is 7.76. The van der Waals surface area contributed by atoms with Gasteiger partial charge in [-0.25, -0.2) is 19.3 Å². The number of ketones is 1. The molecule has 4 heterocycles. The molecule has 0 unspecified atom stereocenters. The zero-order valence-corrected chi connectivity index (χ0v) is 17.6. The van der Waals surface area contributed by atoms with Crippen molar-refractivity contribution in [1.29, 1.82) is 0 Å². The van der Waals surface area contributed by atoms with Crippen molar-refractivity contribution in [2.75, 3.05) is 16.8 Å². The van der Waals surface area contributed by atoms with Crippen molar-refractivity contribution >= 4 is 29.1 Å². The van der Waals surface area contributed by atoms with Gasteiger partial charge in [0.2, 0.25) is 5.95 Å². The molecule has 2 aromatic heterocycles. The summed E-state index contributed by atoms with van der Waals surface area (Å²) in [7, 11) is 0. The summed E-state index contributed by atoms with van der Waals surface area (Å²) in [5, 5.41) is 6.32.